The van der Waals surface area contributed by atoms with Gasteiger partial charge in [0.25, 0.3) is 0 Å². The Morgan fingerprint density at radius 3 is 2.35 bits per heavy atom. The standard InChI is InChI=1S/C16H23BrN2O/c1-2-19-14(13(17)9-18-19)15(20)16-6-10-3-11(7-16)5-12(4-10)8-16/h9-12,15,20H,2-8H2,1H3. The van der Waals surface area contributed by atoms with Crippen LogP contribution in [0.2, 0.25) is 0 Å². The molecular weight excluding hydrogens is 316 g/mol. The highest BCUT2D eigenvalue weighted by atomic mass is 79.9. The Kier molecular flexibility index (Phi) is 3.05. The maximum absolute atomic E-state index is 11.2. The molecule has 0 aromatic carbocycles. The number of halogens is 1. The van der Waals surface area contributed by atoms with E-state index in [1.807, 2.05) is 10.9 Å². The van der Waals surface area contributed by atoms with Crippen LogP contribution in [0.3, 0.4) is 0 Å². The van der Waals surface area contributed by atoms with E-state index in [4.69, 9.17) is 0 Å². The van der Waals surface area contributed by atoms with Gasteiger partial charge in [-0.2, -0.15) is 5.10 Å². The van der Waals surface area contributed by atoms with Crippen LogP contribution >= 0.6 is 15.9 Å². The van der Waals surface area contributed by atoms with Gasteiger partial charge in [-0.3, -0.25) is 4.68 Å². The summed E-state index contributed by atoms with van der Waals surface area (Å²) in [4.78, 5) is 0. The van der Waals surface area contributed by atoms with Gasteiger partial charge >= 0.3 is 0 Å². The number of rotatable bonds is 3. The molecule has 0 aliphatic heterocycles. The molecule has 4 aliphatic rings. The lowest BCUT2D eigenvalue weighted by Crippen LogP contribution is -2.49. The molecule has 5 rings (SSSR count). The molecule has 0 radical (unpaired) electrons. The number of aliphatic hydroxyl groups is 1. The van der Waals surface area contributed by atoms with Crippen LogP contribution in [-0.4, -0.2) is 14.9 Å². The average molecular weight is 339 g/mol. The zero-order chi connectivity index (χ0) is 13.9. The molecule has 1 aromatic rings. The first-order chi connectivity index (χ1) is 9.61. The molecule has 1 atom stereocenters. The van der Waals surface area contributed by atoms with Crippen molar-refractivity contribution in [2.75, 3.05) is 0 Å². The molecule has 0 amide bonds. The predicted octanol–water partition coefficient (Wildman–Crippen LogP) is 3.92. The van der Waals surface area contributed by atoms with Crippen molar-refractivity contribution in [2.45, 2.75) is 58.1 Å². The molecule has 4 bridgehead atoms. The molecule has 3 nitrogen and oxygen atoms in total. The number of hydrogen-bond donors (Lipinski definition) is 1. The molecule has 4 heteroatoms. The summed E-state index contributed by atoms with van der Waals surface area (Å²) in [7, 11) is 0. The molecule has 1 N–H and O–H groups in total. The second-order valence-electron chi connectivity index (χ2n) is 7.38. The van der Waals surface area contributed by atoms with Gasteiger partial charge in [-0.05, 0) is 79.1 Å². The normalized spacial score (nSPS) is 40.2. The Morgan fingerprint density at radius 1 is 1.30 bits per heavy atom. The van der Waals surface area contributed by atoms with Crippen LogP contribution in [0.1, 0.15) is 57.2 Å². The zero-order valence-corrected chi connectivity index (χ0v) is 13.6. The number of aromatic nitrogens is 2. The van der Waals surface area contributed by atoms with E-state index in [9.17, 15) is 5.11 Å². The average Bonchev–Trinajstić information content (AvgIpc) is 2.77. The Bertz CT molecular complexity index is 489. The largest absolute Gasteiger partial charge is 0.386 e. The quantitative estimate of drug-likeness (QED) is 0.907. The van der Waals surface area contributed by atoms with Crippen molar-refractivity contribution < 1.29 is 5.11 Å². The van der Waals surface area contributed by atoms with E-state index in [1.54, 1.807) is 0 Å². The predicted molar refractivity (Wildman–Crippen MR) is 81.2 cm³/mol. The second-order valence-corrected chi connectivity index (χ2v) is 8.23. The van der Waals surface area contributed by atoms with Gasteiger partial charge in [0.2, 0.25) is 0 Å². The summed E-state index contributed by atoms with van der Waals surface area (Å²) in [5.74, 6) is 2.60. The maximum atomic E-state index is 11.2. The van der Waals surface area contributed by atoms with Crippen molar-refractivity contribution in [1.82, 2.24) is 9.78 Å². The van der Waals surface area contributed by atoms with Gasteiger partial charge in [0.15, 0.2) is 0 Å². The van der Waals surface area contributed by atoms with Crippen LogP contribution in [0.4, 0.5) is 0 Å². The van der Waals surface area contributed by atoms with E-state index < -0.39 is 0 Å². The molecule has 1 heterocycles. The van der Waals surface area contributed by atoms with Gasteiger partial charge in [-0.25, -0.2) is 0 Å². The van der Waals surface area contributed by atoms with Gasteiger partial charge < -0.3 is 5.11 Å². The third-order valence-electron chi connectivity index (χ3n) is 6.06. The minimum Gasteiger partial charge on any atom is -0.386 e. The zero-order valence-electron chi connectivity index (χ0n) is 12.1. The van der Waals surface area contributed by atoms with Gasteiger partial charge in [0, 0.05) is 12.0 Å². The van der Waals surface area contributed by atoms with Gasteiger partial charge in [0.1, 0.15) is 6.10 Å². The SMILES string of the molecule is CCn1ncc(Br)c1C(O)C12CC3CC(CC(C3)C1)C2. The fraction of sp³-hybridized carbons (Fsp3) is 0.812. The molecule has 4 aliphatic carbocycles. The van der Waals surface area contributed by atoms with Gasteiger partial charge in [-0.15, -0.1) is 0 Å². The monoisotopic (exact) mass is 338 g/mol. The van der Waals surface area contributed by atoms with E-state index in [2.05, 4.69) is 28.0 Å². The lowest BCUT2D eigenvalue weighted by Gasteiger charge is -2.58. The fourth-order valence-corrected chi connectivity index (χ4v) is 6.21. The molecule has 1 unspecified atom stereocenters. The molecule has 1 aromatic heterocycles. The lowest BCUT2D eigenvalue weighted by molar-refractivity contribution is -0.124. The third kappa shape index (κ3) is 1.83. The molecule has 0 saturated heterocycles. The molecular formula is C16H23BrN2O. The van der Waals surface area contributed by atoms with Crippen LogP contribution in [-0.2, 0) is 6.54 Å². The Balaban J connectivity index is 1.71. The maximum Gasteiger partial charge on any atom is 0.102 e. The number of aliphatic hydroxyl groups excluding tert-OH is 1. The van der Waals surface area contributed by atoms with Crippen molar-refractivity contribution >= 4 is 15.9 Å². The van der Waals surface area contributed by atoms with Crippen LogP contribution < -0.4 is 0 Å². The topological polar surface area (TPSA) is 38.0 Å². The summed E-state index contributed by atoms with van der Waals surface area (Å²) in [6.45, 7) is 2.92. The molecule has 110 valence electrons. The van der Waals surface area contributed by atoms with E-state index in [0.717, 1.165) is 34.5 Å². The first kappa shape index (κ1) is 13.3. The number of hydrogen-bond acceptors (Lipinski definition) is 2. The molecule has 4 fully saturated rings. The molecule has 0 spiro atoms. The van der Waals surface area contributed by atoms with E-state index in [0.29, 0.717) is 0 Å². The number of aryl methyl sites for hydroxylation is 1. The summed E-state index contributed by atoms with van der Waals surface area (Å²) in [6, 6.07) is 0. The van der Waals surface area contributed by atoms with Gasteiger partial charge in [-0.1, -0.05) is 0 Å². The molecule has 20 heavy (non-hydrogen) atoms. The van der Waals surface area contributed by atoms with Crippen LogP contribution in [0, 0.1) is 23.2 Å². The van der Waals surface area contributed by atoms with Crippen molar-refractivity contribution in [3.05, 3.63) is 16.4 Å². The first-order valence-corrected chi connectivity index (χ1v) is 8.80. The highest BCUT2D eigenvalue weighted by Gasteiger charge is 2.55. The van der Waals surface area contributed by atoms with Crippen LogP contribution in [0.15, 0.2) is 10.7 Å². The van der Waals surface area contributed by atoms with Crippen molar-refractivity contribution in [3.63, 3.8) is 0 Å². The third-order valence-corrected chi connectivity index (χ3v) is 6.67. The fourth-order valence-electron chi connectivity index (χ4n) is 5.70. The Hall–Kier alpha value is -0.350. The smallest absolute Gasteiger partial charge is 0.102 e. The summed E-state index contributed by atoms with van der Waals surface area (Å²) in [6.07, 6.45) is 9.40. The first-order valence-electron chi connectivity index (χ1n) is 8.00. The minimum absolute atomic E-state index is 0.129. The van der Waals surface area contributed by atoms with Crippen molar-refractivity contribution in [1.29, 1.82) is 0 Å². The summed E-state index contributed by atoms with van der Waals surface area (Å²) < 4.78 is 2.94. The van der Waals surface area contributed by atoms with Crippen molar-refractivity contribution in [3.8, 4) is 0 Å². The Morgan fingerprint density at radius 2 is 1.85 bits per heavy atom. The van der Waals surface area contributed by atoms with Gasteiger partial charge in [0.05, 0.1) is 16.4 Å². The van der Waals surface area contributed by atoms with Crippen molar-refractivity contribution in [2.24, 2.45) is 23.2 Å². The molecule has 4 saturated carbocycles. The Labute approximate surface area is 128 Å². The highest BCUT2D eigenvalue weighted by molar-refractivity contribution is 9.10. The minimum atomic E-state index is -0.354. The lowest BCUT2D eigenvalue weighted by atomic mass is 9.48. The van der Waals surface area contributed by atoms with E-state index in [1.165, 1.54) is 38.5 Å². The second kappa shape index (κ2) is 4.57. The summed E-state index contributed by atoms with van der Waals surface area (Å²) >= 11 is 3.59. The van der Waals surface area contributed by atoms with E-state index >= 15 is 0 Å². The van der Waals surface area contributed by atoms with Crippen LogP contribution in [0.25, 0.3) is 0 Å². The number of nitrogens with zero attached hydrogens (tertiary/aromatic N) is 2. The summed E-state index contributed by atoms with van der Waals surface area (Å²) in [5, 5.41) is 15.6. The van der Waals surface area contributed by atoms with E-state index in [-0.39, 0.29) is 11.5 Å². The highest BCUT2D eigenvalue weighted by Crippen LogP contribution is 2.64. The van der Waals surface area contributed by atoms with Crippen LogP contribution in [0.5, 0.6) is 0 Å². The summed E-state index contributed by atoms with van der Waals surface area (Å²) in [5.41, 5.74) is 1.14.